The van der Waals surface area contributed by atoms with Gasteiger partial charge in [-0.1, -0.05) is 12.1 Å². The minimum atomic E-state index is -0.0284. The van der Waals surface area contributed by atoms with Gasteiger partial charge >= 0.3 is 5.97 Å². The van der Waals surface area contributed by atoms with Crippen LogP contribution in [0.5, 0.6) is 5.75 Å². The number of methoxy groups -OCH3 is 1. The SMILES string of the molecule is CNc1nnc(-c2ccccc2O)cc1N1CCN(c2nccc(C3CCN(C4CC5(CC(C(=O)OC)C5)C4)CC3)n2)CC1. The van der Waals surface area contributed by atoms with E-state index >= 15 is 0 Å². The van der Waals surface area contributed by atoms with Crippen LogP contribution in [0.3, 0.4) is 0 Å². The third-order valence-corrected chi connectivity index (χ3v) is 10.5. The van der Waals surface area contributed by atoms with Gasteiger partial charge in [-0.2, -0.15) is 0 Å². The Morgan fingerprint density at radius 1 is 0.977 bits per heavy atom. The maximum absolute atomic E-state index is 11.8. The van der Waals surface area contributed by atoms with Crippen molar-refractivity contribution in [3.8, 4) is 17.0 Å². The number of hydrogen-bond acceptors (Lipinski definition) is 11. The van der Waals surface area contributed by atoms with E-state index in [0.29, 0.717) is 28.6 Å². The molecule has 4 fully saturated rings. The molecule has 1 spiro atoms. The summed E-state index contributed by atoms with van der Waals surface area (Å²) in [6.45, 7) is 5.44. The second kappa shape index (κ2) is 11.8. The Balaban J connectivity index is 0.936. The summed E-state index contributed by atoms with van der Waals surface area (Å²) < 4.78 is 4.93. The Kier molecular flexibility index (Phi) is 7.74. The number of aromatic nitrogens is 4. The van der Waals surface area contributed by atoms with Crippen LogP contribution in [-0.2, 0) is 9.53 Å². The highest BCUT2D eigenvalue weighted by Gasteiger charge is 2.56. The molecule has 2 N–H and O–H groups in total. The highest BCUT2D eigenvalue weighted by atomic mass is 16.5. The van der Waals surface area contributed by atoms with Crippen LogP contribution >= 0.6 is 0 Å². The fraction of sp³-hybridized carbons (Fsp3) is 0.545. The average molecular weight is 599 g/mol. The van der Waals surface area contributed by atoms with Gasteiger partial charge in [0.25, 0.3) is 0 Å². The van der Waals surface area contributed by atoms with Crippen LogP contribution in [0, 0.1) is 11.3 Å². The van der Waals surface area contributed by atoms with Crippen molar-refractivity contribution in [2.75, 3.05) is 68.5 Å². The van der Waals surface area contributed by atoms with Gasteiger partial charge in [-0.25, -0.2) is 9.97 Å². The van der Waals surface area contributed by atoms with Crippen molar-refractivity contribution in [3.05, 3.63) is 48.3 Å². The lowest BCUT2D eigenvalue weighted by Crippen LogP contribution is -2.58. The first kappa shape index (κ1) is 28.8. The van der Waals surface area contributed by atoms with E-state index < -0.39 is 0 Å². The number of aromatic hydroxyl groups is 1. The number of nitrogens with zero attached hydrogens (tertiary/aromatic N) is 7. The normalized spacial score (nSPS) is 25.8. The first-order valence-electron chi connectivity index (χ1n) is 15.9. The van der Waals surface area contributed by atoms with E-state index in [1.807, 2.05) is 31.4 Å². The van der Waals surface area contributed by atoms with Crippen LogP contribution in [0.2, 0.25) is 0 Å². The molecule has 1 aromatic carbocycles. The number of likely N-dealkylation sites (tertiary alicyclic amines) is 1. The monoisotopic (exact) mass is 598 g/mol. The molecule has 2 aliphatic carbocycles. The number of phenolic OH excluding ortho intramolecular Hbond substituents is 1. The number of ether oxygens (including phenoxy) is 1. The minimum absolute atomic E-state index is 0.0284. The van der Waals surface area contributed by atoms with Gasteiger partial charge in [-0.15, -0.1) is 10.2 Å². The summed E-state index contributed by atoms with van der Waals surface area (Å²) in [5.74, 6) is 2.29. The average Bonchev–Trinajstić information content (AvgIpc) is 3.03. The molecule has 0 bridgehead atoms. The van der Waals surface area contributed by atoms with Gasteiger partial charge in [0, 0.05) is 62.6 Å². The molecule has 2 saturated carbocycles. The second-order valence-corrected chi connectivity index (χ2v) is 13.0. The third kappa shape index (κ3) is 5.42. The molecule has 0 unspecified atom stereocenters. The number of para-hydroxylation sites is 1. The van der Waals surface area contributed by atoms with E-state index in [2.05, 4.69) is 41.3 Å². The molecule has 232 valence electrons. The quantitative estimate of drug-likeness (QED) is 0.385. The first-order chi connectivity index (χ1) is 21.4. The van der Waals surface area contributed by atoms with E-state index in [1.165, 1.54) is 20.0 Å². The van der Waals surface area contributed by atoms with E-state index in [0.717, 1.165) is 88.1 Å². The van der Waals surface area contributed by atoms with Gasteiger partial charge < -0.3 is 29.9 Å². The predicted octanol–water partition coefficient (Wildman–Crippen LogP) is 3.92. The Hall–Kier alpha value is -3.99. The molecule has 0 amide bonds. The molecule has 2 saturated heterocycles. The number of esters is 1. The van der Waals surface area contributed by atoms with E-state index in [-0.39, 0.29) is 17.6 Å². The molecule has 3 aromatic rings. The number of carbonyl (C=O) groups excluding carboxylic acids is 1. The first-order valence-corrected chi connectivity index (χ1v) is 15.9. The molecule has 4 heterocycles. The maximum Gasteiger partial charge on any atom is 0.308 e. The second-order valence-electron chi connectivity index (χ2n) is 13.0. The van der Waals surface area contributed by atoms with Crippen molar-refractivity contribution >= 4 is 23.4 Å². The van der Waals surface area contributed by atoms with Gasteiger partial charge in [-0.05, 0) is 81.3 Å². The smallest absolute Gasteiger partial charge is 0.308 e. The lowest BCUT2D eigenvalue weighted by Gasteiger charge is -2.60. The fourth-order valence-electron chi connectivity index (χ4n) is 7.92. The summed E-state index contributed by atoms with van der Waals surface area (Å²) in [6, 6.07) is 12.0. The number of piperidine rings is 1. The Labute approximate surface area is 258 Å². The maximum atomic E-state index is 11.8. The topological polar surface area (TPSA) is 120 Å². The number of piperazine rings is 1. The van der Waals surface area contributed by atoms with Crippen molar-refractivity contribution in [3.63, 3.8) is 0 Å². The Morgan fingerprint density at radius 2 is 1.70 bits per heavy atom. The van der Waals surface area contributed by atoms with Crippen molar-refractivity contribution < 1.29 is 14.6 Å². The van der Waals surface area contributed by atoms with Crippen LogP contribution in [0.15, 0.2) is 42.6 Å². The summed E-state index contributed by atoms with van der Waals surface area (Å²) in [5, 5.41) is 22.3. The molecule has 4 aliphatic rings. The van der Waals surface area contributed by atoms with Crippen LogP contribution in [0.4, 0.5) is 17.5 Å². The summed E-state index contributed by atoms with van der Waals surface area (Å²) in [7, 11) is 3.35. The number of nitrogens with one attached hydrogen (secondary N) is 1. The molecule has 7 rings (SSSR count). The summed E-state index contributed by atoms with van der Waals surface area (Å²) in [5.41, 5.74) is 3.85. The predicted molar refractivity (Wildman–Crippen MR) is 169 cm³/mol. The van der Waals surface area contributed by atoms with E-state index in [4.69, 9.17) is 9.72 Å². The largest absolute Gasteiger partial charge is 0.507 e. The minimum Gasteiger partial charge on any atom is -0.507 e. The Bertz CT molecular complexity index is 1490. The van der Waals surface area contributed by atoms with Gasteiger partial charge in [0.05, 0.1) is 24.4 Å². The summed E-state index contributed by atoms with van der Waals surface area (Å²) >= 11 is 0. The zero-order valence-corrected chi connectivity index (χ0v) is 25.7. The molecule has 44 heavy (non-hydrogen) atoms. The number of rotatable bonds is 7. The van der Waals surface area contributed by atoms with E-state index in [9.17, 15) is 9.90 Å². The van der Waals surface area contributed by atoms with Crippen molar-refractivity contribution in [1.82, 2.24) is 25.1 Å². The number of anilines is 3. The molecule has 11 nitrogen and oxygen atoms in total. The highest BCUT2D eigenvalue weighted by molar-refractivity contribution is 5.75. The molecule has 0 atom stereocenters. The van der Waals surface area contributed by atoms with E-state index in [1.54, 1.807) is 12.1 Å². The number of carbonyl (C=O) groups is 1. The third-order valence-electron chi connectivity index (χ3n) is 10.5. The lowest BCUT2D eigenvalue weighted by molar-refractivity contribution is -0.163. The van der Waals surface area contributed by atoms with Crippen molar-refractivity contribution in [2.24, 2.45) is 11.3 Å². The van der Waals surface area contributed by atoms with Crippen LogP contribution in [0.25, 0.3) is 11.3 Å². The van der Waals surface area contributed by atoms with Crippen LogP contribution < -0.4 is 15.1 Å². The van der Waals surface area contributed by atoms with Crippen molar-refractivity contribution in [2.45, 2.75) is 50.5 Å². The van der Waals surface area contributed by atoms with Gasteiger partial charge in [-0.3, -0.25) is 4.79 Å². The molecule has 11 heteroatoms. The number of benzene rings is 1. The highest BCUT2D eigenvalue weighted by Crippen LogP contribution is 2.60. The van der Waals surface area contributed by atoms with Crippen LogP contribution in [0.1, 0.15) is 50.1 Å². The van der Waals surface area contributed by atoms with Gasteiger partial charge in [0.15, 0.2) is 5.82 Å². The van der Waals surface area contributed by atoms with Gasteiger partial charge in [0.2, 0.25) is 5.95 Å². The summed E-state index contributed by atoms with van der Waals surface area (Å²) in [4.78, 5) is 28.8. The molecule has 2 aliphatic heterocycles. The molecule has 0 radical (unpaired) electrons. The number of hydrogen-bond donors (Lipinski definition) is 2. The van der Waals surface area contributed by atoms with Gasteiger partial charge in [0.1, 0.15) is 5.75 Å². The van der Waals surface area contributed by atoms with Crippen molar-refractivity contribution in [1.29, 1.82) is 0 Å². The number of phenols is 1. The molecule has 2 aromatic heterocycles. The fourth-order valence-corrected chi connectivity index (χ4v) is 7.92. The summed E-state index contributed by atoms with van der Waals surface area (Å²) in [6.07, 6.45) is 8.66. The Morgan fingerprint density at radius 3 is 2.41 bits per heavy atom. The lowest BCUT2D eigenvalue weighted by atomic mass is 9.49. The molecular formula is C33H42N8O3. The zero-order valence-electron chi connectivity index (χ0n) is 25.7. The zero-order chi connectivity index (χ0) is 30.3. The van der Waals surface area contributed by atoms with Crippen LogP contribution in [-0.4, -0.2) is 95.6 Å². The molecular weight excluding hydrogens is 556 g/mol. The standard InChI is InChI=1S/C33H42N8O3/c1-34-30-28(17-27(37-38-30)25-5-3-4-6-29(25)42)40-13-15-41(16-14-40)32-35-10-7-26(36-32)22-8-11-39(12-9-22)24-20-33(21-24)18-23(19-33)31(43)44-2/h3-7,10,17,22-24,42H,8-9,11-16,18-21H2,1-2H3,(H,34,38).